The summed E-state index contributed by atoms with van der Waals surface area (Å²) in [4.78, 5) is 0. The number of halogens is 2. The summed E-state index contributed by atoms with van der Waals surface area (Å²) in [6, 6.07) is 5.80. The van der Waals surface area contributed by atoms with Crippen LogP contribution in [0.5, 0.6) is 0 Å². The number of hydrogen-bond acceptors (Lipinski definition) is 1. The highest BCUT2D eigenvalue weighted by atomic mass is 79.9. The Balaban J connectivity index is 2.37. The molecule has 0 aliphatic rings. The van der Waals surface area contributed by atoms with Crippen molar-refractivity contribution in [2.24, 2.45) is 0 Å². The molecule has 1 N–H and O–H groups in total. The molecule has 0 aromatic heterocycles. The molecule has 3 heteroatoms. The van der Waals surface area contributed by atoms with Gasteiger partial charge in [-0.05, 0) is 50.4 Å². The zero-order chi connectivity index (χ0) is 12.0. The Bertz CT molecular complexity index is 328. The summed E-state index contributed by atoms with van der Waals surface area (Å²) in [5, 5.41) is 3.35. The van der Waals surface area contributed by atoms with Crippen molar-refractivity contribution in [2.75, 3.05) is 6.54 Å². The van der Waals surface area contributed by atoms with Gasteiger partial charge < -0.3 is 5.32 Å². The smallest absolute Gasteiger partial charge is 0.127 e. The van der Waals surface area contributed by atoms with Crippen molar-refractivity contribution in [3.05, 3.63) is 34.1 Å². The first-order valence-electron chi connectivity index (χ1n) is 5.80. The van der Waals surface area contributed by atoms with Gasteiger partial charge in [-0.2, -0.15) is 0 Å². The third-order valence-corrected chi connectivity index (χ3v) is 3.14. The molecule has 0 fully saturated rings. The Morgan fingerprint density at radius 1 is 1.44 bits per heavy atom. The third kappa shape index (κ3) is 4.62. The average Bonchev–Trinajstić information content (AvgIpc) is 2.22. The van der Waals surface area contributed by atoms with E-state index in [0.717, 1.165) is 35.8 Å². The molecule has 0 radical (unpaired) electrons. The second-order valence-corrected chi connectivity index (χ2v) is 5.00. The Kier molecular flexibility index (Phi) is 5.99. The van der Waals surface area contributed by atoms with E-state index >= 15 is 0 Å². The molecule has 1 nitrogen and oxygen atoms in total. The zero-order valence-electron chi connectivity index (χ0n) is 9.89. The van der Waals surface area contributed by atoms with E-state index in [1.54, 1.807) is 0 Å². The van der Waals surface area contributed by atoms with Gasteiger partial charge in [0.05, 0.1) is 0 Å². The van der Waals surface area contributed by atoms with Crippen LogP contribution in [0, 0.1) is 5.82 Å². The van der Waals surface area contributed by atoms with Crippen LogP contribution >= 0.6 is 15.9 Å². The summed E-state index contributed by atoms with van der Waals surface area (Å²) >= 11 is 3.26. The number of hydrogen-bond donors (Lipinski definition) is 1. The molecule has 90 valence electrons. The molecular formula is C13H19BrFN. The maximum atomic E-state index is 13.5. The Morgan fingerprint density at radius 3 is 2.81 bits per heavy atom. The lowest BCUT2D eigenvalue weighted by Crippen LogP contribution is -2.25. The van der Waals surface area contributed by atoms with E-state index in [-0.39, 0.29) is 5.82 Å². The fourth-order valence-electron chi connectivity index (χ4n) is 1.77. The number of benzene rings is 1. The first-order valence-corrected chi connectivity index (χ1v) is 6.60. The predicted octanol–water partition coefficient (Wildman–Crippen LogP) is 3.91. The lowest BCUT2D eigenvalue weighted by molar-refractivity contribution is 0.507. The SMILES string of the molecule is CCNC(C)CCCc1ccc(Br)cc1F. The fraction of sp³-hybridized carbons (Fsp3) is 0.538. The van der Waals surface area contributed by atoms with Crippen LogP contribution in [0.2, 0.25) is 0 Å². The topological polar surface area (TPSA) is 12.0 Å². The highest BCUT2D eigenvalue weighted by Crippen LogP contribution is 2.17. The van der Waals surface area contributed by atoms with E-state index in [1.165, 1.54) is 6.07 Å². The van der Waals surface area contributed by atoms with Gasteiger partial charge in [0.2, 0.25) is 0 Å². The highest BCUT2D eigenvalue weighted by Gasteiger charge is 2.04. The second-order valence-electron chi connectivity index (χ2n) is 4.09. The van der Waals surface area contributed by atoms with Crippen LogP contribution in [-0.2, 0) is 6.42 Å². The van der Waals surface area contributed by atoms with Crippen molar-refractivity contribution in [3.8, 4) is 0 Å². The predicted molar refractivity (Wildman–Crippen MR) is 70.2 cm³/mol. The van der Waals surface area contributed by atoms with Crippen molar-refractivity contribution in [1.29, 1.82) is 0 Å². The summed E-state index contributed by atoms with van der Waals surface area (Å²) in [5.74, 6) is -0.106. The largest absolute Gasteiger partial charge is 0.315 e. The van der Waals surface area contributed by atoms with E-state index in [1.807, 2.05) is 12.1 Å². The molecular weight excluding hydrogens is 269 g/mol. The van der Waals surface area contributed by atoms with E-state index in [0.29, 0.717) is 6.04 Å². The molecule has 1 rings (SSSR count). The molecule has 0 bridgehead atoms. The van der Waals surface area contributed by atoms with E-state index in [9.17, 15) is 4.39 Å². The van der Waals surface area contributed by atoms with Crippen molar-refractivity contribution < 1.29 is 4.39 Å². The number of rotatable bonds is 6. The summed E-state index contributed by atoms with van der Waals surface area (Å²) < 4.78 is 14.3. The Morgan fingerprint density at radius 2 is 2.19 bits per heavy atom. The van der Waals surface area contributed by atoms with Gasteiger partial charge in [-0.15, -0.1) is 0 Å². The van der Waals surface area contributed by atoms with Crippen LogP contribution in [0.1, 0.15) is 32.3 Å². The minimum Gasteiger partial charge on any atom is -0.315 e. The van der Waals surface area contributed by atoms with Crippen LogP contribution in [0.25, 0.3) is 0 Å². The normalized spacial score (nSPS) is 12.8. The van der Waals surface area contributed by atoms with Gasteiger partial charge >= 0.3 is 0 Å². The van der Waals surface area contributed by atoms with Crippen molar-refractivity contribution in [3.63, 3.8) is 0 Å². The summed E-state index contributed by atoms with van der Waals surface area (Å²) in [7, 11) is 0. The molecule has 0 saturated heterocycles. The maximum Gasteiger partial charge on any atom is 0.127 e. The monoisotopic (exact) mass is 287 g/mol. The van der Waals surface area contributed by atoms with Crippen molar-refractivity contribution >= 4 is 15.9 Å². The molecule has 0 aliphatic heterocycles. The molecule has 1 aromatic rings. The van der Waals surface area contributed by atoms with Crippen LogP contribution in [0.3, 0.4) is 0 Å². The first-order chi connectivity index (χ1) is 7.63. The standard InChI is InChI=1S/C13H19BrFN/c1-3-16-10(2)5-4-6-11-7-8-12(14)9-13(11)15/h7-10,16H,3-6H2,1-2H3. The van der Waals surface area contributed by atoms with Crippen molar-refractivity contribution in [2.45, 2.75) is 39.2 Å². The van der Waals surface area contributed by atoms with E-state index in [4.69, 9.17) is 0 Å². The van der Waals surface area contributed by atoms with Gasteiger partial charge in [0.25, 0.3) is 0 Å². The molecule has 0 aliphatic carbocycles. The fourth-order valence-corrected chi connectivity index (χ4v) is 2.11. The van der Waals surface area contributed by atoms with Gasteiger partial charge in [-0.3, -0.25) is 0 Å². The Labute approximate surface area is 106 Å². The molecule has 0 heterocycles. The highest BCUT2D eigenvalue weighted by molar-refractivity contribution is 9.10. The van der Waals surface area contributed by atoms with Crippen LogP contribution in [-0.4, -0.2) is 12.6 Å². The summed E-state index contributed by atoms with van der Waals surface area (Å²) in [6.45, 7) is 5.26. The van der Waals surface area contributed by atoms with Gasteiger partial charge in [0.15, 0.2) is 0 Å². The summed E-state index contributed by atoms with van der Waals surface area (Å²) in [5.41, 5.74) is 0.812. The summed E-state index contributed by atoms with van der Waals surface area (Å²) in [6.07, 6.45) is 2.92. The lowest BCUT2D eigenvalue weighted by Gasteiger charge is -2.11. The molecule has 1 atom stereocenters. The number of nitrogens with one attached hydrogen (secondary N) is 1. The second kappa shape index (κ2) is 7.02. The van der Waals surface area contributed by atoms with Gasteiger partial charge in [-0.1, -0.05) is 28.9 Å². The van der Waals surface area contributed by atoms with Crippen LogP contribution in [0.4, 0.5) is 4.39 Å². The maximum absolute atomic E-state index is 13.5. The van der Waals surface area contributed by atoms with Gasteiger partial charge in [0, 0.05) is 10.5 Å². The number of aryl methyl sites for hydroxylation is 1. The Hall–Kier alpha value is -0.410. The molecule has 1 unspecified atom stereocenters. The van der Waals surface area contributed by atoms with Crippen LogP contribution < -0.4 is 5.32 Å². The van der Waals surface area contributed by atoms with E-state index in [2.05, 4.69) is 35.1 Å². The molecule has 16 heavy (non-hydrogen) atoms. The molecule has 0 spiro atoms. The van der Waals surface area contributed by atoms with Gasteiger partial charge in [-0.25, -0.2) is 4.39 Å². The van der Waals surface area contributed by atoms with Crippen molar-refractivity contribution in [1.82, 2.24) is 5.32 Å². The third-order valence-electron chi connectivity index (χ3n) is 2.65. The van der Waals surface area contributed by atoms with E-state index < -0.39 is 0 Å². The molecule has 0 saturated carbocycles. The lowest BCUT2D eigenvalue weighted by atomic mass is 10.1. The minimum absolute atomic E-state index is 0.106. The zero-order valence-corrected chi connectivity index (χ0v) is 11.5. The first kappa shape index (κ1) is 13.7. The molecule has 1 aromatic carbocycles. The minimum atomic E-state index is -0.106. The quantitative estimate of drug-likeness (QED) is 0.837. The molecule has 0 amide bonds. The van der Waals surface area contributed by atoms with Gasteiger partial charge in [0.1, 0.15) is 5.82 Å². The van der Waals surface area contributed by atoms with Crippen LogP contribution in [0.15, 0.2) is 22.7 Å². The average molecular weight is 288 g/mol.